The number of ether oxygens (including phenoxy) is 3. The first kappa shape index (κ1) is 20.2. The normalized spacial score (nSPS) is 15.2. The van der Waals surface area contributed by atoms with Crippen LogP contribution in [-0.2, 0) is 6.54 Å². The lowest BCUT2D eigenvalue weighted by Gasteiger charge is -2.31. The summed E-state index contributed by atoms with van der Waals surface area (Å²) in [4.78, 5) is 6.51. The van der Waals surface area contributed by atoms with Crippen molar-refractivity contribution < 1.29 is 18.6 Å². The Kier molecular flexibility index (Phi) is 6.13. The Balaban J connectivity index is 1.40. The highest BCUT2D eigenvalue weighted by molar-refractivity contribution is 5.55. The molecular formula is C22H26N4O4. The van der Waals surface area contributed by atoms with Gasteiger partial charge in [-0.1, -0.05) is 6.07 Å². The van der Waals surface area contributed by atoms with Gasteiger partial charge in [0.2, 0.25) is 17.5 Å². The summed E-state index contributed by atoms with van der Waals surface area (Å²) in [6.45, 7) is 2.65. The Bertz CT molecular complexity index is 969. The van der Waals surface area contributed by atoms with Gasteiger partial charge in [-0.25, -0.2) is 0 Å². The SMILES string of the molecule is COc1ccc(CN2CCC(c3nnc(-c4cccnc4)o3)CC2)c(OC)c1OC. The molecule has 1 fully saturated rings. The number of aromatic nitrogens is 3. The van der Waals surface area contributed by atoms with Crippen LogP contribution in [0.25, 0.3) is 11.5 Å². The first-order valence-corrected chi connectivity index (χ1v) is 9.97. The van der Waals surface area contributed by atoms with Crippen LogP contribution in [0.3, 0.4) is 0 Å². The van der Waals surface area contributed by atoms with Crippen molar-refractivity contribution in [1.82, 2.24) is 20.1 Å². The number of methoxy groups -OCH3 is 3. The number of pyridine rings is 1. The Hall–Kier alpha value is -3.13. The zero-order chi connectivity index (χ0) is 20.9. The zero-order valence-electron chi connectivity index (χ0n) is 17.5. The minimum atomic E-state index is 0.270. The number of benzene rings is 1. The standard InChI is InChI=1S/C22H26N4O4/c1-27-18-7-6-17(19(28-2)20(18)29-3)14-26-11-8-15(9-12-26)21-24-25-22(30-21)16-5-4-10-23-13-16/h4-7,10,13,15H,8-9,11-12,14H2,1-3H3. The fourth-order valence-corrected chi connectivity index (χ4v) is 3.87. The summed E-state index contributed by atoms with van der Waals surface area (Å²) in [5, 5.41) is 8.47. The van der Waals surface area contributed by atoms with Crippen molar-refractivity contribution in [2.45, 2.75) is 25.3 Å². The van der Waals surface area contributed by atoms with Crippen LogP contribution in [0.15, 0.2) is 41.1 Å². The summed E-state index contributed by atoms with van der Waals surface area (Å²) >= 11 is 0. The van der Waals surface area contributed by atoms with E-state index in [1.54, 1.807) is 33.7 Å². The van der Waals surface area contributed by atoms with Gasteiger partial charge in [0, 0.05) is 30.4 Å². The number of piperidine rings is 1. The molecule has 2 aromatic heterocycles. The van der Waals surface area contributed by atoms with E-state index < -0.39 is 0 Å². The van der Waals surface area contributed by atoms with Gasteiger partial charge >= 0.3 is 0 Å². The van der Waals surface area contributed by atoms with E-state index in [0.29, 0.717) is 23.3 Å². The minimum absolute atomic E-state index is 0.270. The maximum atomic E-state index is 5.92. The molecule has 1 aliphatic heterocycles. The van der Waals surface area contributed by atoms with Crippen molar-refractivity contribution in [3.05, 3.63) is 48.1 Å². The van der Waals surface area contributed by atoms with E-state index in [1.807, 2.05) is 24.3 Å². The quantitative estimate of drug-likeness (QED) is 0.585. The molecule has 3 aromatic rings. The monoisotopic (exact) mass is 410 g/mol. The zero-order valence-corrected chi connectivity index (χ0v) is 17.5. The smallest absolute Gasteiger partial charge is 0.249 e. The average Bonchev–Trinajstić information content (AvgIpc) is 3.30. The third kappa shape index (κ3) is 4.09. The maximum absolute atomic E-state index is 5.92. The Morgan fingerprint density at radius 1 is 1.00 bits per heavy atom. The van der Waals surface area contributed by atoms with Crippen molar-refractivity contribution in [2.75, 3.05) is 34.4 Å². The van der Waals surface area contributed by atoms with Gasteiger partial charge in [0.05, 0.1) is 26.9 Å². The van der Waals surface area contributed by atoms with Crippen LogP contribution in [0.4, 0.5) is 0 Å². The molecule has 1 saturated heterocycles. The van der Waals surface area contributed by atoms with E-state index in [4.69, 9.17) is 18.6 Å². The van der Waals surface area contributed by atoms with Gasteiger partial charge in [-0.15, -0.1) is 10.2 Å². The van der Waals surface area contributed by atoms with Crippen molar-refractivity contribution in [2.24, 2.45) is 0 Å². The van der Waals surface area contributed by atoms with E-state index in [-0.39, 0.29) is 5.92 Å². The van der Waals surface area contributed by atoms with Crippen molar-refractivity contribution >= 4 is 0 Å². The number of nitrogens with zero attached hydrogens (tertiary/aromatic N) is 4. The first-order valence-electron chi connectivity index (χ1n) is 9.97. The van der Waals surface area contributed by atoms with Gasteiger partial charge in [0.25, 0.3) is 0 Å². The highest BCUT2D eigenvalue weighted by Gasteiger charge is 2.26. The van der Waals surface area contributed by atoms with E-state index in [0.717, 1.165) is 49.4 Å². The van der Waals surface area contributed by atoms with Crippen LogP contribution in [0.2, 0.25) is 0 Å². The summed E-state index contributed by atoms with van der Waals surface area (Å²) < 4.78 is 22.4. The Labute approximate surface area is 175 Å². The molecule has 30 heavy (non-hydrogen) atoms. The molecule has 4 rings (SSSR count). The number of hydrogen-bond donors (Lipinski definition) is 0. The molecule has 0 atom stereocenters. The summed E-state index contributed by atoms with van der Waals surface area (Å²) in [6.07, 6.45) is 5.38. The molecule has 0 radical (unpaired) electrons. The van der Waals surface area contributed by atoms with Crippen molar-refractivity contribution in [3.8, 4) is 28.7 Å². The molecule has 0 aliphatic carbocycles. The molecule has 1 aliphatic rings. The predicted octanol–water partition coefficient (Wildman–Crippen LogP) is 3.54. The van der Waals surface area contributed by atoms with Gasteiger partial charge in [0.15, 0.2) is 11.5 Å². The van der Waals surface area contributed by atoms with Gasteiger partial charge in [-0.3, -0.25) is 9.88 Å². The molecule has 0 N–H and O–H groups in total. The van der Waals surface area contributed by atoms with Crippen LogP contribution < -0.4 is 14.2 Å². The van der Waals surface area contributed by atoms with Crippen LogP contribution >= 0.6 is 0 Å². The lowest BCUT2D eigenvalue weighted by molar-refractivity contribution is 0.190. The van der Waals surface area contributed by atoms with E-state index >= 15 is 0 Å². The van der Waals surface area contributed by atoms with E-state index in [2.05, 4.69) is 20.1 Å². The summed E-state index contributed by atoms with van der Waals surface area (Å²) in [5.41, 5.74) is 1.92. The van der Waals surface area contributed by atoms with Gasteiger partial charge < -0.3 is 18.6 Å². The second kappa shape index (κ2) is 9.13. The van der Waals surface area contributed by atoms with Crippen molar-refractivity contribution in [3.63, 3.8) is 0 Å². The van der Waals surface area contributed by atoms with E-state index in [9.17, 15) is 0 Å². The first-order chi connectivity index (χ1) is 14.7. The summed E-state index contributed by atoms with van der Waals surface area (Å²) in [6, 6.07) is 7.73. The Morgan fingerprint density at radius 3 is 2.47 bits per heavy atom. The summed E-state index contributed by atoms with van der Waals surface area (Å²) in [7, 11) is 4.90. The number of rotatable bonds is 7. The van der Waals surface area contributed by atoms with Crippen LogP contribution in [0.5, 0.6) is 17.2 Å². The minimum Gasteiger partial charge on any atom is -0.493 e. The third-order valence-corrected chi connectivity index (χ3v) is 5.47. The third-order valence-electron chi connectivity index (χ3n) is 5.47. The fraction of sp³-hybridized carbons (Fsp3) is 0.409. The number of hydrogen-bond acceptors (Lipinski definition) is 8. The molecule has 0 amide bonds. The lowest BCUT2D eigenvalue weighted by Crippen LogP contribution is -2.32. The average molecular weight is 410 g/mol. The van der Waals surface area contributed by atoms with Crippen LogP contribution in [0, 0.1) is 0 Å². The maximum Gasteiger partial charge on any atom is 0.249 e. The predicted molar refractivity (Wildman–Crippen MR) is 111 cm³/mol. The topological polar surface area (TPSA) is 82.7 Å². The van der Waals surface area contributed by atoms with Crippen LogP contribution in [-0.4, -0.2) is 54.5 Å². The molecule has 1 aromatic carbocycles. The second-order valence-electron chi connectivity index (χ2n) is 7.23. The van der Waals surface area contributed by atoms with Crippen molar-refractivity contribution in [1.29, 1.82) is 0 Å². The molecular weight excluding hydrogens is 384 g/mol. The molecule has 8 nitrogen and oxygen atoms in total. The van der Waals surface area contributed by atoms with Gasteiger partial charge in [0.1, 0.15) is 0 Å². The molecule has 0 saturated carbocycles. The highest BCUT2D eigenvalue weighted by atomic mass is 16.5. The largest absolute Gasteiger partial charge is 0.493 e. The van der Waals surface area contributed by atoms with E-state index in [1.165, 1.54) is 0 Å². The van der Waals surface area contributed by atoms with Gasteiger partial charge in [-0.2, -0.15) is 0 Å². The fourth-order valence-electron chi connectivity index (χ4n) is 3.87. The molecule has 0 spiro atoms. The highest BCUT2D eigenvalue weighted by Crippen LogP contribution is 2.40. The lowest BCUT2D eigenvalue weighted by atomic mass is 9.96. The Morgan fingerprint density at radius 2 is 1.80 bits per heavy atom. The molecule has 0 unspecified atom stereocenters. The molecule has 3 heterocycles. The summed E-state index contributed by atoms with van der Waals surface area (Å²) in [5.74, 6) is 3.51. The molecule has 158 valence electrons. The molecule has 8 heteroatoms. The van der Waals surface area contributed by atoms with Crippen LogP contribution in [0.1, 0.15) is 30.2 Å². The van der Waals surface area contributed by atoms with Gasteiger partial charge in [-0.05, 0) is 44.1 Å². The molecule has 0 bridgehead atoms. The second-order valence-corrected chi connectivity index (χ2v) is 7.23. The number of likely N-dealkylation sites (tertiary alicyclic amines) is 1.